The Morgan fingerprint density at radius 2 is 1.95 bits per heavy atom. The molecular weight excluding hydrogens is 270 g/mol. The molecule has 1 saturated carbocycles. The molecule has 0 unspecified atom stereocenters. The highest BCUT2D eigenvalue weighted by Crippen LogP contribution is 2.32. The van der Waals surface area contributed by atoms with E-state index in [1.807, 2.05) is 0 Å². The largest absolute Gasteiger partial charge is 0.346 e. The number of hydrogen-bond donors (Lipinski definition) is 1. The fraction of sp³-hybridized carbons (Fsp3) is 0.474. The van der Waals surface area contributed by atoms with Gasteiger partial charge in [-0.1, -0.05) is 31.7 Å². The van der Waals surface area contributed by atoms with Gasteiger partial charge in [0.1, 0.15) is 6.07 Å². The number of pyridine rings is 1. The van der Waals surface area contributed by atoms with Crippen molar-refractivity contribution in [2.45, 2.75) is 57.9 Å². The molecule has 0 radical (unpaired) electrons. The van der Waals surface area contributed by atoms with Crippen LogP contribution in [-0.2, 0) is 6.54 Å². The molecule has 0 atom stereocenters. The third-order valence-electron chi connectivity index (χ3n) is 4.94. The van der Waals surface area contributed by atoms with Gasteiger partial charge in [-0.3, -0.25) is 5.41 Å². The predicted molar refractivity (Wildman–Crippen MR) is 88.6 cm³/mol. The number of hydrogen-bond acceptors (Lipinski definition) is 2. The van der Waals surface area contributed by atoms with Crippen LogP contribution in [0.15, 0.2) is 24.4 Å². The lowest BCUT2D eigenvalue weighted by molar-refractivity contribution is 0.593. The van der Waals surface area contributed by atoms with Crippen molar-refractivity contribution in [2.75, 3.05) is 0 Å². The van der Waals surface area contributed by atoms with Crippen LogP contribution in [0.2, 0.25) is 0 Å². The van der Waals surface area contributed by atoms with Crippen LogP contribution in [0.5, 0.6) is 0 Å². The Balaban J connectivity index is 2.14. The number of aromatic nitrogens is 1. The maximum Gasteiger partial charge on any atom is 0.103 e. The van der Waals surface area contributed by atoms with Crippen LogP contribution in [-0.4, -0.2) is 4.57 Å². The molecule has 22 heavy (non-hydrogen) atoms. The molecule has 114 valence electrons. The number of aryl methyl sites for hydroxylation is 1. The third kappa shape index (κ3) is 2.66. The summed E-state index contributed by atoms with van der Waals surface area (Å²) < 4.78 is 2.07. The highest BCUT2D eigenvalue weighted by atomic mass is 14.9. The first-order valence-electron chi connectivity index (χ1n) is 8.36. The fourth-order valence-corrected chi connectivity index (χ4v) is 3.65. The van der Waals surface area contributed by atoms with E-state index in [1.54, 1.807) is 6.20 Å². The predicted octanol–water partition coefficient (Wildman–Crippen LogP) is 4.45. The summed E-state index contributed by atoms with van der Waals surface area (Å²) in [6, 6.07) is 8.70. The zero-order chi connectivity index (χ0) is 15.5. The Kier molecular flexibility index (Phi) is 4.29. The molecule has 0 aliphatic heterocycles. The van der Waals surface area contributed by atoms with Crippen LogP contribution in [0.1, 0.15) is 62.5 Å². The lowest BCUT2D eigenvalue weighted by Crippen LogP contribution is -2.13. The molecule has 3 nitrogen and oxygen atoms in total. The van der Waals surface area contributed by atoms with E-state index in [0.29, 0.717) is 16.8 Å². The van der Waals surface area contributed by atoms with Gasteiger partial charge in [-0.15, -0.1) is 0 Å². The first kappa shape index (κ1) is 14.8. The first-order valence-corrected chi connectivity index (χ1v) is 8.36. The summed E-state index contributed by atoms with van der Waals surface area (Å²) in [6.45, 7) is 2.89. The minimum atomic E-state index is 0.373. The van der Waals surface area contributed by atoms with E-state index in [-0.39, 0.29) is 0 Å². The third-order valence-corrected chi connectivity index (χ3v) is 4.94. The molecule has 1 aliphatic rings. The summed E-state index contributed by atoms with van der Waals surface area (Å²) in [5, 5.41) is 18.9. The Morgan fingerprint density at radius 3 is 2.59 bits per heavy atom. The van der Waals surface area contributed by atoms with Gasteiger partial charge in [0.15, 0.2) is 0 Å². The quantitative estimate of drug-likeness (QED) is 0.817. The lowest BCUT2D eigenvalue weighted by atomic mass is 9.90. The summed E-state index contributed by atoms with van der Waals surface area (Å²) in [5.74, 6) is 0.618. The molecule has 2 aromatic rings. The van der Waals surface area contributed by atoms with Crippen molar-refractivity contribution in [2.24, 2.45) is 0 Å². The molecule has 1 heterocycles. The van der Waals surface area contributed by atoms with Crippen molar-refractivity contribution in [3.63, 3.8) is 0 Å². The Bertz CT molecular complexity index is 772. The highest BCUT2D eigenvalue weighted by molar-refractivity contribution is 5.80. The van der Waals surface area contributed by atoms with E-state index >= 15 is 0 Å². The van der Waals surface area contributed by atoms with E-state index in [4.69, 9.17) is 5.41 Å². The zero-order valence-corrected chi connectivity index (χ0v) is 13.2. The van der Waals surface area contributed by atoms with Crippen molar-refractivity contribution >= 4 is 10.9 Å². The zero-order valence-electron chi connectivity index (χ0n) is 13.2. The van der Waals surface area contributed by atoms with Gasteiger partial charge >= 0.3 is 0 Å². The summed E-state index contributed by atoms with van der Waals surface area (Å²) in [5.41, 5.74) is 2.87. The maximum atomic E-state index is 9.27. The van der Waals surface area contributed by atoms with E-state index in [0.717, 1.165) is 17.4 Å². The van der Waals surface area contributed by atoms with Crippen LogP contribution in [0, 0.1) is 16.7 Å². The molecule has 0 saturated heterocycles. The number of nitriles is 1. The van der Waals surface area contributed by atoms with Crippen LogP contribution in [0.4, 0.5) is 0 Å². The number of benzene rings is 1. The Morgan fingerprint density at radius 1 is 1.23 bits per heavy atom. The van der Waals surface area contributed by atoms with E-state index in [1.165, 1.54) is 44.1 Å². The second-order valence-electron chi connectivity index (χ2n) is 6.28. The normalized spacial score (nSPS) is 16.4. The van der Waals surface area contributed by atoms with Crippen LogP contribution in [0.3, 0.4) is 0 Å². The van der Waals surface area contributed by atoms with Crippen LogP contribution in [0.25, 0.3) is 10.9 Å². The molecule has 3 rings (SSSR count). The van der Waals surface area contributed by atoms with Gasteiger partial charge in [0.2, 0.25) is 0 Å². The second kappa shape index (κ2) is 6.36. The van der Waals surface area contributed by atoms with Gasteiger partial charge in [-0.05, 0) is 43.4 Å². The van der Waals surface area contributed by atoms with Crippen LogP contribution < -0.4 is 5.36 Å². The average molecular weight is 293 g/mol. The topological polar surface area (TPSA) is 52.6 Å². The molecule has 0 amide bonds. The van der Waals surface area contributed by atoms with Crippen LogP contribution >= 0.6 is 0 Å². The molecular formula is C19H23N3. The van der Waals surface area contributed by atoms with E-state index in [9.17, 15) is 5.26 Å². The van der Waals surface area contributed by atoms with Gasteiger partial charge in [-0.25, -0.2) is 0 Å². The second-order valence-corrected chi connectivity index (χ2v) is 6.28. The monoisotopic (exact) mass is 293 g/mol. The number of fused-ring (bicyclic) bond motifs is 1. The van der Waals surface area contributed by atoms with Crippen molar-refractivity contribution in [1.82, 2.24) is 4.57 Å². The molecule has 1 aliphatic carbocycles. The molecule has 0 spiro atoms. The minimum absolute atomic E-state index is 0.373. The highest BCUT2D eigenvalue weighted by Gasteiger charge is 2.16. The average Bonchev–Trinajstić information content (AvgIpc) is 2.84. The van der Waals surface area contributed by atoms with Gasteiger partial charge < -0.3 is 4.57 Å². The fourth-order valence-electron chi connectivity index (χ4n) is 3.65. The Hall–Kier alpha value is -2.08. The molecule has 1 fully saturated rings. The van der Waals surface area contributed by atoms with Crippen molar-refractivity contribution in [3.05, 3.63) is 40.9 Å². The van der Waals surface area contributed by atoms with E-state index < -0.39 is 0 Å². The number of nitrogens with one attached hydrogen (secondary N) is 1. The number of nitrogens with zero attached hydrogens (tertiary/aromatic N) is 2. The van der Waals surface area contributed by atoms with E-state index in [2.05, 4.69) is 35.8 Å². The van der Waals surface area contributed by atoms with Gasteiger partial charge in [-0.2, -0.15) is 5.26 Å². The first-order chi connectivity index (χ1) is 10.7. The van der Waals surface area contributed by atoms with Crippen molar-refractivity contribution in [3.8, 4) is 6.07 Å². The standard InChI is InChI=1S/C19H23N3/c1-2-22-13-16(12-20)19(21)17-11-15(9-10-18(17)22)14-7-5-3-4-6-8-14/h9-11,13-14,21H,2-8H2,1H3. The van der Waals surface area contributed by atoms with Gasteiger partial charge in [0.25, 0.3) is 0 Å². The maximum absolute atomic E-state index is 9.27. The number of rotatable bonds is 2. The summed E-state index contributed by atoms with van der Waals surface area (Å²) in [6.07, 6.45) is 9.63. The molecule has 1 aromatic carbocycles. The SMILES string of the molecule is CCn1cc(C#N)c(=N)c2cc(C3CCCCCC3)ccc21. The summed E-state index contributed by atoms with van der Waals surface area (Å²) in [7, 11) is 0. The Labute approximate surface area is 131 Å². The van der Waals surface area contributed by atoms with Crippen molar-refractivity contribution in [1.29, 1.82) is 10.7 Å². The molecule has 1 aromatic heterocycles. The lowest BCUT2D eigenvalue weighted by Gasteiger charge is -2.17. The smallest absolute Gasteiger partial charge is 0.103 e. The minimum Gasteiger partial charge on any atom is -0.346 e. The summed E-state index contributed by atoms with van der Waals surface area (Å²) in [4.78, 5) is 0. The molecule has 1 N–H and O–H groups in total. The van der Waals surface area contributed by atoms with Crippen molar-refractivity contribution < 1.29 is 0 Å². The van der Waals surface area contributed by atoms with Gasteiger partial charge in [0.05, 0.1) is 16.4 Å². The van der Waals surface area contributed by atoms with Gasteiger partial charge in [0, 0.05) is 18.1 Å². The molecule has 3 heteroatoms. The molecule has 0 bridgehead atoms. The summed E-state index contributed by atoms with van der Waals surface area (Å²) >= 11 is 0.